The van der Waals surface area contributed by atoms with Crippen molar-refractivity contribution in [1.82, 2.24) is 5.43 Å². The molecular weight excluding hydrogens is 216 g/mol. The summed E-state index contributed by atoms with van der Waals surface area (Å²) in [6.45, 7) is 8.18. The molecule has 4 nitrogen and oxygen atoms in total. The van der Waals surface area contributed by atoms with Gasteiger partial charge in [-0.1, -0.05) is 17.7 Å². The molecule has 17 heavy (non-hydrogen) atoms. The first-order valence-electron chi connectivity index (χ1n) is 5.58. The Bertz CT molecular complexity index is 416. The molecular formula is C13H18N2O2. The molecule has 0 bridgehead atoms. The minimum Gasteiger partial charge on any atom is -0.449 e. The van der Waals surface area contributed by atoms with Crippen molar-refractivity contribution in [2.75, 3.05) is 6.61 Å². The second-order valence-corrected chi connectivity index (χ2v) is 3.90. The van der Waals surface area contributed by atoms with Crippen molar-refractivity contribution in [3.05, 3.63) is 34.4 Å². The van der Waals surface area contributed by atoms with Crippen LogP contribution in [0.4, 0.5) is 4.79 Å². The molecule has 0 spiro atoms. The Morgan fingerprint density at radius 1 is 1.35 bits per heavy atom. The van der Waals surface area contributed by atoms with Gasteiger partial charge in [-0.05, 0) is 38.8 Å². The lowest BCUT2D eigenvalue weighted by Gasteiger charge is -2.06. The van der Waals surface area contributed by atoms with Gasteiger partial charge in [0.1, 0.15) is 0 Å². The highest BCUT2D eigenvalue weighted by Gasteiger charge is 2.01. The Morgan fingerprint density at radius 3 is 2.47 bits per heavy atom. The maximum atomic E-state index is 11.0. The average Bonchev–Trinajstić information content (AvgIpc) is 2.22. The van der Waals surface area contributed by atoms with Gasteiger partial charge in [-0.3, -0.25) is 0 Å². The number of hydrazone groups is 1. The number of rotatable bonds is 3. The van der Waals surface area contributed by atoms with E-state index in [1.807, 2.05) is 13.8 Å². The van der Waals surface area contributed by atoms with Crippen molar-refractivity contribution in [2.24, 2.45) is 5.10 Å². The number of benzene rings is 1. The molecule has 0 aromatic heterocycles. The van der Waals surface area contributed by atoms with Crippen molar-refractivity contribution in [3.8, 4) is 0 Å². The third-order valence-corrected chi connectivity index (χ3v) is 2.36. The number of hydrogen-bond acceptors (Lipinski definition) is 3. The Labute approximate surface area is 102 Å². The number of carbonyl (C=O) groups excluding carboxylic acids is 1. The van der Waals surface area contributed by atoms with Crippen LogP contribution in [0.2, 0.25) is 0 Å². The smallest absolute Gasteiger partial charge is 0.427 e. The van der Waals surface area contributed by atoms with Crippen molar-refractivity contribution in [1.29, 1.82) is 0 Å². The number of ether oxygens (including phenoxy) is 1. The number of amides is 1. The van der Waals surface area contributed by atoms with Crippen LogP contribution in [-0.4, -0.2) is 18.9 Å². The highest BCUT2D eigenvalue weighted by Crippen LogP contribution is 2.13. The maximum absolute atomic E-state index is 11.0. The molecule has 0 atom stereocenters. The summed E-state index contributed by atoms with van der Waals surface area (Å²) >= 11 is 0. The van der Waals surface area contributed by atoms with Crippen molar-refractivity contribution in [2.45, 2.75) is 27.7 Å². The van der Waals surface area contributed by atoms with Crippen LogP contribution in [0.5, 0.6) is 0 Å². The monoisotopic (exact) mass is 234 g/mol. The zero-order valence-electron chi connectivity index (χ0n) is 10.7. The van der Waals surface area contributed by atoms with E-state index in [1.54, 1.807) is 13.1 Å². The van der Waals surface area contributed by atoms with E-state index in [0.717, 1.165) is 16.7 Å². The van der Waals surface area contributed by atoms with Gasteiger partial charge in [-0.15, -0.1) is 0 Å². The van der Waals surface area contributed by atoms with E-state index in [9.17, 15) is 4.79 Å². The molecule has 1 N–H and O–H groups in total. The lowest BCUT2D eigenvalue weighted by molar-refractivity contribution is 0.152. The molecule has 1 aromatic rings. The van der Waals surface area contributed by atoms with E-state index in [-0.39, 0.29) is 0 Å². The van der Waals surface area contributed by atoms with Crippen LogP contribution in [-0.2, 0) is 4.74 Å². The first-order valence-corrected chi connectivity index (χ1v) is 5.58. The predicted octanol–water partition coefficient (Wildman–Crippen LogP) is 2.69. The molecule has 1 rings (SSSR count). The van der Waals surface area contributed by atoms with Crippen LogP contribution in [0.25, 0.3) is 0 Å². The fraction of sp³-hybridized carbons (Fsp3) is 0.385. The molecule has 0 aliphatic rings. The predicted molar refractivity (Wildman–Crippen MR) is 68.4 cm³/mol. The summed E-state index contributed by atoms with van der Waals surface area (Å²) in [6.07, 6.45) is 1.10. The average molecular weight is 234 g/mol. The molecule has 0 unspecified atom stereocenters. The summed E-state index contributed by atoms with van der Waals surface area (Å²) in [7, 11) is 0. The van der Waals surface area contributed by atoms with E-state index in [1.165, 1.54) is 5.56 Å². The summed E-state index contributed by atoms with van der Waals surface area (Å²) in [5, 5.41) is 3.86. The molecule has 0 radical (unpaired) electrons. The third-order valence-electron chi connectivity index (χ3n) is 2.36. The van der Waals surface area contributed by atoms with Gasteiger partial charge in [0.25, 0.3) is 0 Å². The van der Waals surface area contributed by atoms with Crippen LogP contribution < -0.4 is 5.43 Å². The van der Waals surface area contributed by atoms with E-state index in [2.05, 4.69) is 29.6 Å². The molecule has 0 fully saturated rings. The standard InChI is InChI=1S/C13H18N2O2/c1-5-17-13(16)15-14-8-12-10(3)6-9(2)7-11(12)4/h6-8H,5H2,1-4H3,(H,15,16)/b14-8+. The minimum absolute atomic E-state index is 0.337. The number of hydrogen-bond donors (Lipinski definition) is 1. The normalized spacial score (nSPS) is 10.6. The molecule has 4 heteroatoms. The lowest BCUT2D eigenvalue weighted by atomic mass is 10.0. The summed E-state index contributed by atoms with van der Waals surface area (Å²) in [5.41, 5.74) is 6.82. The topological polar surface area (TPSA) is 50.7 Å². The van der Waals surface area contributed by atoms with Gasteiger partial charge < -0.3 is 4.74 Å². The van der Waals surface area contributed by atoms with Crippen molar-refractivity contribution < 1.29 is 9.53 Å². The van der Waals surface area contributed by atoms with Gasteiger partial charge in [0, 0.05) is 5.56 Å². The fourth-order valence-corrected chi connectivity index (χ4v) is 1.71. The van der Waals surface area contributed by atoms with Crippen LogP contribution in [0.3, 0.4) is 0 Å². The van der Waals surface area contributed by atoms with E-state index in [0.29, 0.717) is 6.61 Å². The summed E-state index contributed by atoms with van der Waals surface area (Å²) in [4.78, 5) is 11.0. The Balaban J connectivity index is 2.75. The second-order valence-electron chi connectivity index (χ2n) is 3.90. The largest absolute Gasteiger partial charge is 0.449 e. The molecule has 0 saturated carbocycles. The zero-order valence-corrected chi connectivity index (χ0v) is 10.7. The zero-order chi connectivity index (χ0) is 12.8. The van der Waals surface area contributed by atoms with Gasteiger partial charge >= 0.3 is 6.09 Å². The summed E-state index contributed by atoms with van der Waals surface area (Å²) in [6, 6.07) is 4.16. The summed E-state index contributed by atoms with van der Waals surface area (Å²) in [5.74, 6) is 0. The lowest BCUT2D eigenvalue weighted by Crippen LogP contribution is -2.18. The van der Waals surface area contributed by atoms with E-state index < -0.39 is 6.09 Å². The Hall–Kier alpha value is -1.84. The van der Waals surface area contributed by atoms with Crippen LogP contribution in [0.1, 0.15) is 29.2 Å². The first-order chi connectivity index (χ1) is 8.04. The summed E-state index contributed by atoms with van der Waals surface area (Å²) < 4.78 is 4.70. The third kappa shape index (κ3) is 3.90. The Kier molecular flexibility index (Phi) is 4.69. The van der Waals surface area contributed by atoms with E-state index in [4.69, 9.17) is 4.74 Å². The quantitative estimate of drug-likeness (QED) is 0.645. The van der Waals surface area contributed by atoms with Gasteiger partial charge in [0.15, 0.2) is 0 Å². The molecule has 92 valence electrons. The first kappa shape index (κ1) is 13.2. The maximum Gasteiger partial charge on any atom is 0.427 e. The van der Waals surface area contributed by atoms with Gasteiger partial charge in [0.05, 0.1) is 12.8 Å². The van der Waals surface area contributed by atoms with Crippen LogP contribution in [0, 0.1) is 20.8 Å². The number of nitrogens with zero attached hydrogens (tertiary/aromatic N) is 1. The van der Waals surface area contributed by atoms with Crippen LogP contribution >= 0.6 is 0 Å². The molecule has 0 saturated heterocycles. The highest BCUT2D eigenvalue weighted by atomic mass is 16.5. The number of aryl methyl sites for hydroxylation is 3. The Morgan fingerprint density at radius 2 is 1.94 bits per heavy atom. The molecule has 1 amide bonds. The fourth-order valence-electron chi connectivity index (χ4n) is 1.71. The van der Waals surface area contributed by atoms with Gasteiger partial charge in [-0.25, -0.2) is 10.2 Å². The second kappa shape index (κ2) is 6.03. The van der Waals surface area contributed by atoms with Gasteiger partial charge in [-0.2, -0.15) is 5.10 Å². The number of carbonyl (C=O) groups is 1. The van der Waals surface area contributed by atoms with Crippen LogP contribution in [0.15, 0.2) is 17.2 Å². The highest BCUT2D eigenvalue weighted by molar-refractivity contribution is 5.84. The minimum atomic E-state index is -0.536. The number of nitrogens with one attached hydrogen (secondary N) is 1. The van der Waals surface area contributed by atoms with Gasteiger partial charge in [0.2, 0.25) is 0 Å². The van der Waals surface area contributed by atoms with E-state index >= 15 is 0 Å². The van der Waals surface area contributed by atoms with Crippen molar-refractivity contribution in [3.63, 3.8) is 0 Å². The molecule has 0 aliphatic heterocycles. The SMILES string of the molecule is CCOC(=O)N/N=C/c1c(C)cc(C)cc1C. The molecule has 0 heterocycles. The molecule has 1 aromatic carbocycles. The van der Waals surface area contributed by atoms with Crippen molar-refractivity contribution >= 4 is 12.3 Å². The molecule has 0 aliphatic carbocycles.